The number of amides is 1. The van der Waals surface area contributed by atoms with Gasteiger partial charge in [-0.2, -0.15) is 0 Å². The third-order valence-corrected chi connectivity index (χ3v) is 4.49. The first-order valence-electron chi connectivity index (χ1n) is 7.04. The topological polar surface area (TPSA) is 105 Å². The highest BCUT2D eigenvalue weighted by molar-refractivity contribution is 7.10. The molecule has 2 N–H and O–H groups in total. The fourth-order valence-corrected chi connectivity index (χ4v) is 3.36. The maximum Gasteiger partial charge on any atom is 0.279 e. The Labute approximate surface area is 140 Å². The number of phenols is 1. The van der Waals surface area contributed by atoms with Crippen molar-refractivity contribution in [3.63, 3.8) is 0 Å². The number of aromatic nitrogens is 1. The first-order chi connectivity index (χ1) is 11.5. The number of rotatable bonds is 4. The largest absolute Gasteiger partial charge is 0.505 e. The number of hydrogen-bond acceptors (Lipinski definition) is 6. The maximum atomic E-state index is 11.6. The number of phenolic OH excluding ortho intramolecular Hbond substituents is 1. The van der Waals surface area contributed by atoms with Crippen LogP contribution in [0.3, 0.4) is 0 Å². The van der Waals surface area contributed by atoms with Gasteiger partial charge in [0.15, 0.2) is 0 Å². The highest BCUT2D eigenvalue weighted by atomic mass is 32.1. The smallest absolute Gasteiger partial charge is 0.279 e. The van der Waals surface area contributed by atoms with Crippen molar-refractivity contribution >= 4 is 33.8 Å². The molecule has 1 atom stereocenters. The molecule has 122 valence electrons. The quantitative estimate of drug-likeness (QED) is 0.559. The summed E-state index contributed by atoms with van der Waals surface area (Å²) in [7, 11) is 0. The van der Waals surface area contributed by atoms with E-state index in [4.69, 9.17) is 0 Å². The second-order valence-electron chi connectivity index (χ2n) is 5.14. The molecule has 1 aromatic carbocycles. The summed E-state index contributed by atoms with van der Waals surface area (Å²) < 4.78 is 0. The summed E-state index contributed by atoms with van der Waals surface area (Å²) in [5, 5.41) is 26.8. The Morgan fingerprint density at radius 2 is 2.21 bits per heavy atom. The SMILES string of the molecule is CC(=O)N[C@H](c1cccs1)c1cc([N+](=O)[O-])c2cccnc2c1O. The molecule has 0 unspecified atom stereocenters. The van der Waals surface area contributed by atoms with Crippen LogP contribution >= 0.6 is 11.3 Å². The van der Waals surface area contributed by atoms with Crippen LogP contribution in [0, 0.1) is 10.1 Å². The molecule has 0 radical (unpaired) electrons. The molecule has 0 saturated heterocycles. The lowest BCUT2D eigenvalue weighted by atomic mass is 10.00. The van der Waals surface area contributed by atoms with E-state index >= 15 is 0 Å². The number of fused-ring (bicyclic) bond motifs is 1. The van der Waals surface area contributed by atoms with Crippen molar-refractivity contribution < 1.29 is 14.8 Å². The van der Waals surface area contributed by atoms with Gasteiger partial charge in [-0.15, -0.1) is 11.3 Å². The number of nitrogens with zero attached hydrogens (tertiary/aromatic N) is 2. The molecule has 3 rings (SSSR count). The maximum absolute atomic E-state index is 11.6. The third kappa shape index (κ3) is 2.79. The molecule has 7 nitrogen and oxygen atoms in total. The molecule has 8 heteroatoms. The van der Waals surface area contributed by atoms with E-state index in [1.807, 2.05) is 5.38 Å². The zero-order valence-corrected chi connectivity index (χ0v) is 13.4. The lowest BCUT2D eigenvalue weighted by Gasteiger charge is -2.19. The molecular weight excluding hydrogens is 330 g/mol. The predicted molar refractivity (Wildman–Crippen MR) is 90.0 cm³/mol. The van der Waals surface area contributed by atoms with Crippen molar-refractivity contribution in [3.8, 4) is 5.75 Å². The number of carbonyl (C=O) groups is 1. The van der Waals surface area contributed by atoms with E-state index in [0.717, 1.165) is 4.88 Å². The lowest BCUT2D eigenvalue weighted by Crippen LogP contribution is -2.26. The van der Waals surface area contributed by atoms with E-state index in [9.17, 15) is 20.0 Å². The summed E-state index contributed by atoms with van der Waals surface area (Å²) in [6.45, 7) is 1.35. The van der Waals surface area contributed by atoms with E-state index in [-0.39, 0.29) is 33.8 Å². The summed E-state index contributed by atoms with van der Waals surface area (Å²) in [5.74, 6) is -0.486. The average Bonchev–Trinajstić information content (AvgIpc) is 3.07. The number of aromatic hydroxyl groups is 1. The Balaban J connectivity index is 2.29. The van der Waals surface area contributed by atoms with E-state index in [0.29, 0.717) is 0 Å². The van der Waals surface area contributed by atoms with Crippen molar-refractivity contribution in [2.24, 2.45) is 0 Å². The van der Waals surface area contributed by atoms with Gasteiger partial charge in [0.1, 0.15) is 11.3 Å². The number of nitrogens with one attached hydrogen (secondary N) is 1. The molecule has 2 heterocycles. The van der Waals surface area contributed by atoms with Gasteiger partial charge in [0.2, 0.25) is 5.91 Å². The Morgan fingerprint density at radius 1 is 1.42 bits per heavy atom. The number of non-ortho nitro benzene ring substituents is 1. The zero-order chi connectivity index (χ0) is 17.3. The highest BCUT2D eigenvalue weighted by Gasteiger charge is 2.26. The van der Waals surface area contributed by atoms with E-state index in [1.54, 1.807) is 18.2 Å². The third-order valence-electron chi connectivity index (χ3n) is 3.56. The molecule has 1 amide bonds. The van der Waals surface area contributed by atoms with Crippen LogP contribution in [-0.4, -0.2) is 20.9 Å². The van der Waals surface area contributed by atoms with Crippen molar-refractivity contribution in [1.82, 2.24) is 10.3 Å². The van der Waals surface area contributed by atoms with E-state index in [2.05, 4.69) is 10.3 Å². The molecule has 0 fully saturated rings. The van der Waals surface area contributed by atoms with Gasteiger partial charge in [0.25, 0.3) is 5.69 Å². The van der Waals surface area contributed by atoms with E-state index in [1.165, 1.54) is 36.6 Å². The van der Waals surface area contributed by atoms with Crippen molar-refractivity contribution in [3.05, 3.63) is 62.5 Å². The van der Waals surface area contributed by atoms with Crippen LogP contribution in [0.5, 0.6) is 5.75 Å². The number of carbonyl (C=O) groups excluding carboxylic acids is 1. The van der Waals surface area contributed by atoms with Crippen LogP contribution in [-0.2, 0) is 4.79 Å². The van der Waals surface area contributed by atoms with Crippen LogP contribution in [0.4, 0.5) is 5.69 Å². The normalized spacial score (nSPS) is 12.0. The minimum Gasteiger partial charge on any atom is -0.505 e. The predicted octanol–water partition coefficient (Wildman–Crippen LogP) is 3.14. The van der Waals surface area contributed by atoms with Gasteiger partial charge in [-0.1, -0.05) is 6.07 Å². The summed E-state index contributed by atoms with van der Waals surface area (Å²) in [5.41, 5.74) is 0.206. The van der Waals surface area contributed by atoms with Crippen LogP contribution in [0.1, 0.15) is 23.4 Å². The summed E-state index contributed by atoms with van der Waals surface area (Å²) in [4.78, 5) is 27.3. The van der Waals surface area contributed by atoms with Crippen molar-refractivity contribution in [2.45, 2.75) is 13.0 Å². The van der Waals surface area contributed by atoms with Gasteiger partial charge < -0.3 is 10.4 Å². The molecule has 2 aromatic heterocycles. The van der Waals surface area contributed by atoms with E-state index < -0.39 is 11.0 Å². The number of pyridine rings is 1. The first-order valence-corrected chi connectivity index (χ1v) is 7.92. The molecule has 24 heavy (non-hydrogen) atoms. The highest BCUT2D eigenvalue weighted by Crippen LogP contribution is 2.40. The van der Waals surface area contributed by atoms with Crippen LogP contribution in [0.2, 0.25) is 0 Å². The molecular formula is C16H13N3O4S. The standard InChI is InChI=1S/C16H13N3O4S/c1-9(20)18-14(13-5-3-7-24-13)11-8-12(19(22)23)10-4-2-6-17-15(10)16(11)21/h2-8,14,21H,1H3,(H,18,20)/t14-/m0/s1. The number of hydrogen-bond donors (Lipinski definition) is 2. The molecule has 0 aliphatic carbocycles. The van der Waals surface area contributed by atoms with Gasteiger partial charge >= 0.3 is 0 Å². The molecule has 3 aromatic rings. The van der Waals surface area contributed by atoms with Crippen molar-refractivity contribution in [1.29, 1.82) is 0 Å². The van der Waals surface area contributed by atoms with Crippen LogP contribution in [0.15, 0.2) is 41.9 Å². The lowest BCUT2D eigenvalue weighted by molar-refractivity contribution is -0.383. The first kappa shape index (κ1) is 15.9. The Kier molecular flexibility index (Phi) is 4.13. The van der Waals surface area contributed by atoms with Gasteiger partial charge in [-0.3, -0.25) is 19.9 Å². The molecule has 0 spiro atoms. The molecule has 0 bridgehead atoms. The summed E-state index contributed by atoms with van der Waals surface area (Å²) >= 11 is 1.38. The van der Waals surface area contributed by atoms with Crippen LogP contribution < -0.4 is 5.32 Å². The second kappa shape index (κ2) is 6.25. The molecule has 0 aliphatic rings. The number of nitro benzene ring substituents is 1. The van der Waals surface area contributed by atoms with Gasteiger partial charge in [0, 0.05) is 29.6 Å². The molecule has 0 saturated carbocycles. The monoisotopic (exact) mass is 343 g/mol. The summed E-state index contributed by atoms with van der Waals surface area (Å²) in [6, 6.07) is 7.30. The fourth-order valence-electron chi connectivity index (χ4n) is 2.56. The Morgan fingerprint density at radius 3 is 2.83 bits per heavy atom. The van der Waals surface area contributed by atoms with Crippen molar-refractivity contribution in [2.75, 3.05) is 0 Å². The van der Waals surface area contributed by atoms with Crippen LogP contribution in [0.25, 0.3) is 10.9 Å². The van der Waals surface area contributed by atoms with Gasteiger partial charge in [-0.25, -0.2) is 0 Å². The fraction of sp³-hybridized carbons (Fsp3) is 0.125. The average molecular weight is 343 g/mol. The number of nitro groups is 1. The summed E-state index contributed by atoms with van der Waals surface area (Å²) in [6.07, 6.45) is 1.45. The minimum absolute atomic E-state index is 0.133. The zero-order valence-electron chi connectivity index (χ0n) is 12.6. The number of thiophene rings is 1. The van der Waals surface area contributed by atoms with Gasteiger partial charge in [-0.05, 0) is 23.6 Å². The van der Waals surface area contributed by atoms with Gasteiger partial charge in [0.05, 0.1) is 16.4 Å². The minimum atomic E-state index is -0.687. The second-order valence-corrected chi connectivity index (χ2v) is 6.12. The Hall–Kier alpha value is -3.00. The number of benzene rings is 1. The molecule has 0 aliphatic heterocycles. The Bertz CT molecular complexity index is 924.